The van der Waals surface area contributed by atoms with E-state index in [1.807, 2.05) is 11.3 Å². The second-order valence-electron chi connectivity index (χ2n) is 27.8. The van der Waals surface area contributed by atoms with Gasteiger partial charge in [0.15, 0.2) is 0 Å². The maximum Gasteiger partial charge on any atom is 0.254 e. The van der Waals surface area contributed by atoms with Crippen LogP contribution in [0.25, 0.3) is 32.3 Å². The Kier molecular flexibility index (Phi) is 12.4. The molecule has 0 saturated heterocycles. The van der Waals surface area contributed by atoms with E-state index >= 15 is 0 Å². The molecule has 0 radical (unpaired) electrons. The van der Waals surface area contributed by atoms with Crippen molar-refractivity contribution in [3.8, 4) is 22.3 Å². The first-order valence-electron chi connectivity index (χ1n) is 29.4. The van der Waals surface area contributed by atoms with Crippen molar-refractivity contribution in [2.24, 2.45) is 0 Å². The van der Waals surface area contributed by atoms with Crippen molar-refractivity contribution in [3.63, 3.8) is 0 Å². The molecule has 0 unspecified atom stereocenters. The predicted molar refractivity (Wildman–Crippen MR) is 353 cm³/mol. The van der Waals surface area contributed by atoms with Gasteiger partial charge in [0, 0.05) is 44.5 Å². The summed E-state index contributed by atoms with van der Waals surface area (Å²) in [6.45, 7) is 30.9. The maximum absolute atomic E-state index is 2.69. The molecule has 0 amide bonds. The Labute approximate surface area is 487 Å². The Bertz CT molecular complexity index is 3940. The zero-order valence-corrected chi connectivity index (χ0v) is 50.6. The number of nitrogens with zero attached hydrogens (tertiary/aromatic N) is 3. The van der Waals surface area contributed by atoms with Crippen molar-refractivity contribution in [2.75, 3.05) is 14.7 Å². The van der Waals surface area contributed by atoms with Crippen LogP contribution < -0.4 is 31.1 Å². The third-order valence-corrected chi connectivity index (χ3v) is 19.4. The molecule has 0 bridgehead atoms. The average molecular weight is 1070 g/mol. The molecule has 0 saturated carbocycles. The Morgan fingerprint density at radius 1 is 0.407 bits per heavy atom. The molecular formula is C76H76BN3S. The summed E-state index contributed by atoms with van der Waals surface area (Å²) < 4.78 is 1.32. The normalized spacial score (nSPS) is 15.2. The second kappa shape index (κ2) is 19.0. The Balaban J connectivity index is 1.16. The first-order chi connectivity index (χ1) is 38.5. The molecule has 13 rings (SSSR count). The van der Waals surface area contributed by atoms with Crippen LogP contribution in [-0.4, -0.2) is 6.71 Å². The van der Waals surface area contributed by atoms with E-state index in [4.69, 9.17) is 0 Å². The molecule has 1 aliphatic carbocycles. The van der Waals surface area contributed by atoms with E-state index < -0.39 is 0 Å². The first kappa shape index (κ1) is 52.8. The van der Waals surface area contributed by atoms with Crippen LogP contribution in [0.1, 0.15) is 131 Å². The summed E-state index contributed by atoms with van der Waals surface area (Å²) >= 11 is 1.95. The summed E-state index contributed by atoms with van der Waals surface area (Å²) in [6, 6.07) is 76.7. The third kappa shape index (κ3) is 9.12. The quantitative estimate of drug-likeness (QED) is 0.147. The summed E-state index contributed by atoms with van der Waals surface area (Å²) in [5.74, 6) is 0. The molecular weight excluding hydrogens is 998 g/mol. The van der Waals surface area contributed by atoms with Gasteiger partial charge in [-0.2, -0.15) is 0 Å². The monoisotopic (exact) mass is 1070 g/mol. The van der Waals surface area contributed by atoms with Crippen LogP contribution in [0.2, 0.25) is 0 Å². The molecule has 3 heterocycles. The van der Waals surface area contributed by atoms with Gasteiger partial charge in [-0.1, -0.05) is 217 Å². The van der Waals surface area contributed by atoms with Gasteiger partial charge in [-0.05, 0) is 185 Å². The van der Waals surface area contributed by atoms with Crippen LogP contribution in [-0.2, 0) is 27.1 Å². The second-order valence-corrected chi connectivity index (χ2v) is 28.8. The fourth-order valence-corrected chi connectivity index (χ4v) is 14.5. The number of hydrogen-bond acceptors (Lipinski definition) is 4. The molecule has 0 N–H and O–H groups in total. The summed E-state index contributed by atoms with van der Waals surface area (Å²) in [5.41, 5.74) is 25.1. The van der Waals surface area contributed by atoms with E-state index in [2.05, 4.69) is 305 Å². The van der Waals surface area contributed by atoms with Gasteiger partial charge in [0.1, 0.15) is 0 Å². The molecule has 0 fully saturated rings. The number of hydrogen-bond donors (Lipinski definition) is 0. The van der Waals surface area contributed by atoms with Gasteiger partial charge in [-0.15, -0.1) is 11.3 Å². The molecule has 404 valence electrons. The maximum atomic E-state index is 2.69. The van der Waals surface area contributed by atoms with Crippen molar-refractivity contribution in [1.82, 2.24) is 0 Å². The number of benzene rings is 9. The molecule has 3 nitrogen and oxygen atoms in total. The lowest BCUT2D eigenvalue weighted by Crippen LogP contribution is -2.61. The van der Waals surface area contributed by atoms with Gasteiger partial charge >= 0.3 is 0 Å². The Morgan fingerprint density at radius 2 is 0.840 bits per heavy atom. The Hall–Kier alpha value is -7.60. The SMILES string of the molecule is CC(C)(C)c1ccc(N2c3cc4c(cc3B3c5c2cc(N(c2ccc(-c6ccccc6)cc2)c2ccc(-c6ccccc6)cc2)cc5N(c2ccc(C(C)(C)C)cc2)c2sc5ccc(C(C)(C)C)cc5c23)C(C)(C)CCC4(C)C)cc1. The van der Waals surface area contributed by atoms with E-state index in [-0.39, 0.29) is 33.8 Å². The van der Waals surface area contributed by atoms with Crippen LogP contribution in [0, 0.1) is 0 Å². The fourth-order valence-electron chi connectivity index (χ4n) is 13.2. The highest BCUT2D eigenvalue weighted by atomic mass is 32.1. The zero-order chi connectivity index (χ0) is 56.5. The Morgan fingerprint density at radius 3 is 1.32 bits per heavy atom. The van der Waals surface area contributed by atoms with Crippen molar-refractivity contribution >= 4 is 95.0 Å². The topological polar surface area (TPSA) is 9.72 Å². The van der Waals surface area contributed by atoms with Crippen LogP contribution in [0.15, 0.2) is 200 Å². The molecule has 9 aromatic carbocycles. The van der Waals surface area contributed by atoms with E-state index in [0.717, 1.165) is 41.3 Å². The van der Waals surface area contributed by atoms with Crippen molar-refractivity contribution in [1.29, 1.82) is 0 Å². The molecule has 2 aliphatic heterocycles. The lowest BCUT2D eigenvalue weighted by molar-refractivity contribution is 0.332. The smallest absolute Gasteiger partial charge is 0.254 e. The van der Waals surface area contributed by atoms with Crippen LogP contribution >= 0.6 is 11.3 Å². The first-order valence-corrected chi connectivity index (χ1v) is 30.2. The van der Waals surface area contributed by atoms with Crippen molar-refractivity contribution < 1.29 is 0 Å². The van der Waals surface area contributed by atoms with E-state index in [1.54, 1.807) is 0 Å². The highest BCUT2D eigenvalue weighted by molar-refractivity contribution is 7.26. The third-order valence-electron chi connectivity index (χ3n) is 18.2. The van der Waals surface area contributed by atoms with Gasteiger partial charge in [-0.25, -0.2) is 0 Å². The minimum Gasteiger partial charge on any atom is -0.311 e. The predicted octanol–water partition coefficient (Wildman–Crippen LogP) is 20.0. The molecule has 0 spiro atoms. The minimum absolute atomic E-state index is 0.00239. The summed E-state index contributed by atoms with van der Waals surface area (Å²) in [4.78, 5) is 7.81. The lowest BCUT2D eigenvalue weighted by Gasteiger charge is -2.47. The van der Waals surface area contributed by atoms with Crippen LogP contribution in [0.5, 0.6) is 0 Å². The minimum atomic E-state index is -0.0527. The zero-order valence-electron chi connectivity index (χ0n) is 49.8. The molecule has 1 aromatic heterocycles. The lowest BCUT2D eigenvalue weighted by atomic mass is 9.33. The molecule has 0 atom stereocenters. The largest absolute Gasteiger partial charge is 0.311 e. The van der Waals surface area contributed by atoms with E-state index in [1.165, 1.54) is 98.6 Å². The van der Waals surface area contributed by atoms with Gasteiger partial charge in [0.25, 0.3) is 6.71 Å². The number of anilines is 9. The number of rotatable bonds is 7. The summed E-state index contributed by atoms with van der Waals surface area (Å²) in [5, 5.41) is 2.65. The fraction of sp³-hybridized carbons (Fsp3) is 0.263. The number of thiophene rings is 1. The average Bonchev–Trinajstić information content (AvgIpc) is 2.90. The van der Waals surface area contributed by atoms with E-state index in [9.17, 15) is 0 Å². The highest BCUT2D eigenvalue weighted by Crippen LogP contribution is 2.54. The van der Waals surface area contributed by atoms with Gasteiger partial charge in [0.2, 0.25) is 0 Å². The van der Waals surface area contributed by atoms with Crippen LogP contribution in [0.3, 0.4) is 0 Å². The van der Waals surface area contributed by atoms with Gasteiger partial charge < -0.3 is 14.7 Å². The summed E-state index contributed by atoms with van der Waals surface area (Å²) in [7, 11) is 0. The number of fused-ring (bicyclic) bond motifs is 7. The van der Waals surface area contributed by atoms with Crippen molar-refractivity contribution in [3.05, 3.63) is 228 Å². The van der Waals surface area contributed by atoms with Gasteiger partial charge in [-0.3, -0.25) is 0 Å². The van der Waals surface area contributed by atoms with Crippen LogP contribution in [0.4, 0.5) is 50.5 Å². The van der Waals surface area contributed by atoms with Gasteiger partial charge in [0.05, 0.1) is 10.7 Å². The molecule has 3 aliphatic rings. The molecule has 81 heavy (non-hydrogen) atoms. The summed E-state index contributed by atoms with van der Waals surface area (Å²) in [6.07, 6.45) is 2.29. The molecule has 10 aromatic rings. The molecule has 5 heteroatoms. The standard InChI is InChI=1S/C76H76BN3S/c1-72(2,3)53-28-37-58(38-29-53)79-65-48-63-62(75(10,11)42-43-76(63,12)13)47-64(65)77-69-61-44-55(74(7,8)9)32-41-68(61)81-71(69)80(59-39-30-54(31-40-59)73(4,5)6)67-46-60(45-66(79)70(67)77)78(56-33-24-51(25-34-56)49-20-16-14-17-21-49)57-35-26-52(27-36-57)50-22-18-15-19-23-50/h14-41,44-48H,42-43H2,1-13H3. The van der Waals surface area contributed by atoms with E-state index in [0.29, 0.717) is 0 Å². The van der Waals surface area contributed by atoms with Crippen molar-refractivity contribution in [2.45, 2.75) is 130 Å². The highest BCUT2D eigenvalue weighted by Gasteiger charge is 2.48.